The van der Waals surface area contributed by atoms with E-state index in [0.29, 0.717) is 24.3 Å². The van der Waals surface area contributed by atoms with Crippen LogP contribution in [0.3, 0.4) is 0 Å². The van der Waals surface area contributed by atoms with Gasteiger partial charge >= 0.3 is 0 Å². The maximum atomic E-state index is 11.8. The molecule has 2 rings (SSSR count). The van der Waals surface area contributed by atoms with Crippen LogP contribution < -0.4 is 5.32 Å². The van der Waals surface area contributed by atoms with Gasteiger partial charge in [0.05, 0.1) is 18.0 Å². The zero-order chi connectivity index (χ0) is 11.4. The second-order valence-corrected chi connectivity index (χ2v) is 3.40. The van der Waals surface area contributed by atoms with Crippen molar-refractivity contribution in [2.75, 3.05) is 0 Å². The molecule has 16 heavy (non-hydrogen) atoms. The fourth-order valence-electron chi connectivity index (χ4n) is 1.47. The van der Waals surface area contributed by atoms with Crippen LogP contribution >= 0.6 is 0 Å². The second kappa shape index (κ2) is 4.65. The smallest absolute Gasteiger partial charge is 0.255 e. The van der Waals surface area contributed by atoms with Gasteiger partial charge in [-0.05, 0) is 6.07 Å². The van der Waals surface area contributed by atoms with Crippen LogP contribution in [0.4, 0.5) is 0 Å². The minimum absolute atomic E-state index is 0.119. The van der Waals surface area contributed by atoms with Crippen molar-refractivity contribution >= 4 is 5.91 Å². The van der Waals surface area contributed by atoms with E-state index in [0.717, 1.165) is 5.56 Å². The molecule has 0 atom stereocenters. The lowest BCUT2D eigenvalue weighted by Gasteiger charge is -2.02. The summed E-state index contributed by atoms with van der Waals surface area (Å²) in [5.41, 5.74) is 1.54. The third kappa shape index (κ3) is 2.13. The monoisotopic (exact) mass is 219 g/mol. The quantitative estimate of drug-likeness (QED) is 0.818. The second-order valence-electron chi connectivity index (χ2n) is 3.40. The molecule has 2 aromatic heterocycles. The first-order chi connectivity index (χ1) is 7.81. The lowest BCUT2D eigenvalue weighted by Crippen LogP contribution is -2.23. The number of nitrogens with one attached hydrogen (secondary N) is 2. The number of carbonyl (C=O) groups excluding carboxylic acids is 1. The first-order valence-corrected chi connectivity index (χ1v) is 5.13. The highest BCUT2D eigenvalue weighted by atomic mass is 16.3. The molecule has 5 heteroatoms. The average Bonchev–Trinajstić information content (AvgIpc) is 2.96. The van der Waals surface area contributed by atoms with Crippen molar-refractivity contribution in [3.05, 3.63) is 41.6 Å². The van der Waals surface area contributed by atoms with Crippen LogP contribution in [0.2, 0.25) is 0 Å². The molecule has 0 saturated carbocycles. The number of hydrogen-bond acceptors (Lipinski definition) is 3. The van der Waals surface area contributed by atoms with E-state index >= 15 is 0 Å². The van der Waals surface area contributed by atoms with Crippen molar-refractivity contribution in [3.63, 3.8) is 0 Å². The van der Waals surface area contributed by atoms with E-state index < -0.39 is 0 Å². The Bertz CT molecular complexity index is 459. The average molecular weight is 219 g/mol. The first kappa shape index (κ1) is 10.5. The Morgan fingerprint density at radius 2 is 2.50 bits per heavy atom. The number of amides is 1. The highest BCUT2D eigenvalue weighted by Crippen LogP contribution is 2.11. The molecule has 0 unspecified atom stereocenters. The SMILES string of the molecule is CCc1occc1C(=O)NCc1cn[nH]c1. The molecule has 0 aliphatic rings. The Labute approximate surface area is 92.9 Å². The van der Waals surface area contributed by atoms with Gasteiger partial charge in [0, 0.05) is 24.7 Å². The van der Waals surface area contributed by atoms with Gasteiger partial charge in [-0.25, -0.2) is 0 Å². The fourth-order valence-corrected chi connectivity index (χ4v) is 1.47. The molecule has 0 radical (unpaired) electrons. The minimum Gasteiger partial charge on any atom is -0.469 e. The standard InChI is InChI=1S/C11H13N3O2/c1-2-10-9(3-4-16-10)11(15)12-5-8-6-13-14-7-8/h3-4,6-7H,2,5H2,1H3,(H,12,15)(H,13,14). The molecule has 2 heterocycles. The normalized spacial score (nSPS) is 10.3. The first-order valence-electron chi connectivity index (χ1n) is 5.13. The van der Waals surface area contributed by atoms with Crippen molar-refractivity contribution in [2.24, 2.45) is 0 Å². The van der Waals surface area contributed by atoms with Crippen molar-refractivity contribution in [3.8, 4) is 0 Å². The van der Waals surface area contributed by atoms with E-state index in [-0.39, 0.29) is 5.91 Å². The van der Waals surface area contributed by atoms with Crippen LogP contribution in [0.5, 0.6) is 0 Å². The molecule has 1 amide bonds. The minimum atomic E-state index is -0.119. The van der Waals surface area contributed by atoms with Gasteiger partial charge in [0.1, 0.15) is 5.76 Å². The van der Waals surface area contributed by atoms with Gasteiger partial charge in [0.15, 0.2) is 0 Å². The number of hydrogen-bond donors (Lipinski definition) is 2. The molecule has 0 aliphatic carbocycles. The Kier molecular flexibility index (Phi) is 3.05. The van der Waals surface area contributed by atoms with Crippen molar-refractivity contribution in [2.45, 2.75) is 19.9 Å². The van der Waals surface area contributed by atoms with E-state index in [1.165, 1.54) is 6.26 Å². The molecule has 2 aromatic rings. The zero-order valence-electron chi connectivity index (χ0n) is 8.99. The summed E-state index contributed by atoms with van der Waals surface area (Å²) in [6, 6.07) is 1.68. The summed E-state index contributed by atoms with van der Waals surface area (Å²) in [6.07, 6.45) is 5.67. The van der Waals surface area contributed by atoms with Gasteiger partial charge in [-0.1, -0.05) is 6.92 Å². The van der Waals surface area contributed by atoms with E-state index in [4.69, 9.17) is 4.42 Å². The third-order valence-corrected chi connectivity index (χ3v) is 2.32. The summed E-state index contributed by atoms with van der Waals surface area (Å²) < 4.78 is 5.19. The highest BCUT2D eigenvalue weighted by Gasteiger charge is 2.12. The molecule has 2 N–H and O–H groups in total. The summed E-state index contributed by atoms with van der Waals surface area (Å²) >= 11 is 0. The summed E-state index contributed by atoms with van der Waals surface area (Å²) in [5, 5.41) is 9.30. The van der Waals surface area contributed by atoms with Crippen LogP contribution in [0.1, 0.15) is 28.6 Å². The maximum Gasteiger partial charge on any atom is 0.255 e. The van der Waals surface area contributed by atoms with E-state index in [9.17, 15) is 4.79 Å². The molecule has 5 nitrogen and oxygen atoms in total. The molecule has 84 valence electrons. The number of furan rings is 1. The summed E-state index contributed by atoms with van der Waals surface area (Å²) in [5.74, 6) is 0.594. The molecule has 0 spiro atoms. The number of aromatic amines is 1. The van der Waals surface area contributed by atoms with Crippen molar-refractivity contribution < 1.29 is 9.21 Å². The van der Waals surface area contributed by atoms with Gasteiger partial charge in [-0.2, -0.15) is 5.10 Å². The van der Waals surface area contributed by atoms with E-state index in [2.05, 4.69) is 15.5 Å². The number of H-pyrrole nitrogens is 1. The molecule has 0 aromatic carbocycles. The van der Waals surface area contributed by atoms with Crippen LogP contribution in [-0.4, -0.2) is 16.1 Å². The van der Waals surface area contributed by atoms with Crippen LogP contribution in [0.25, 0.3) is 0 Å². The predicted molar refractivity (Wildman–Crippen MR) is 57.8 cm³/mol. The third-order valence-electron chi connectivity index (χ3n) is 2.32. The Morgan fingerprint density at radius 1 is 1.62 bits per heavy atom. The largest absolute Gasteiger partial charge is 0.469 e. The van der Waals surface area contributed by atoms with Crippen LogP contribution in [-0.2, 0) is 13.0 Å². The van der Waals surface area contributed by atoms with E-state index in [1.54, 1.807) is 18.5 Å². The topological polar surface area (TPSA) is 70.9 Å². The molecule has 0 aliphatic heterocycles. The van der Waals surface area contributed by atoms with Crippen molar-refractivity contribution in [1.82, 2.24) is 15.5 Å². The van der Waals surface area contributed by atoms with Gasteiger partial charge in [-0.15, -0.1) is 0 Å². The van der Waals surface area contributed by atoms with E-state index in [1.807, 2.05) is 6.92 Å². The zero-order valence-corrected chi connectivity index (χ0v) is 8.99. The lowest BCUT2D eigenvalue weighted by molar-refractivity contribution is 0.0949. The van der Waals surface area contributed by atoms with Gasteiger partial charge in [0.2, 0.25) is 0 Å². The van der Waals surface area contributed by atoms with Crippen molar-refractivity contribution in [1.29, 1.82) is 0 Å². The maximum absolute atomic E-state index is 11.8. The van der Waals surface area contributed by atoms with Gasteiger partial charge in [0.25, 0.3) is 5.91 Å². The Balaban J connectivity index is 1.98. The number of nitrogens with zero attached hydrogens (tertiary/aromatic N) is 1. The predicted octanol–water partition coefficient (Wildman–Crippen LogP) is 1.50. The summed E-state index contributed by atoms with van der Waals surface area (Å²) in [6.45, 7) is 2.41. The number of carbonyl (C=O) groups is 1. The van der Waals surface area contributed by atoms with Gasteiger partial charge in [-0.3, -0.25) is 9.89 Å². The number of aryl methyl sites for hydroxylation is 1. The summed E-state index contributed by atoms with van der Waals surface area (Å²) in [7, 11) is 0. The number of aromatic nitrogens is 2. The highest BCUT2D eigenvalue weighted by molar-refractivity contribution is 5.95. The van der Waals surface area contributed by atoms with Crippen LogP contribution in [0.15, 0.2) is 29.1 Å². The molecule has 0 saturated heterocycles. The molecular weight excluding hydrogens is 206 g/mol. The Hall–Kier alpha value is -2.04. The Morgan fingerprint density at radius 3 is 3.19 bits per heavy atom. The summed E-state index contributed by atoms with van der Waals surface area (Å²) in [4.78, 5) is 11.8. The lowest BCUT2D eigenvalue weighted by atomic mass is 10.2. The molecule has 0 fully saturated rings. The van der Waals surface area contributed by atoms with Gasteiger partial charge < -0.3 is 9.73 Å². The molecule has 0 bridgehead atoms. The van der Waals surface area contributed by atoms with Crippen LogP contribution in [0, 0.1) is 0 Å². The number of rotatable bonds is 4. The molecular formula is C11H13N3O2. The fraction of sp³-hybridized carbons (Fsp3) is 0.273.